The summed E-state index contributed by atoms with van der Waals surface area (Å²) in [4.78, 5) is 23.9. The Labute approximate surface area is 193 Å². The van der Waals surface area contributed by atoms with E-state index in [0.717, 1.165) is 11.1 Å². The molecule has 0 spiro atoms. The molecule has 172 valence electrons. The van der Waals surface area contributed by atoms with Gasteiger partial charge in [-0.15, -0.1) is 0 Å². The molecule has 1 amide bonds. The first kappa shape index (κ1) is 24.3. The van der Waals surface area contributed by atoms with Crippen molar-refractivity contribution in [2.75, 3.05) is 7.11 Å². The lowest BCUT2D eigenvalue weighted by atomic mass is 10.1. The number of hydrogen-bond acceptors (Lipinski definition) is 5. The van der Waals surface area contributed by atoms with Crippen LogP contribution in [0, 0.1) is 0 Å². The van der Waals surface area contributed by atoms with E-state index in [1.165, 1.54) is 31.2 Å². The highest BCUT2D eigenvalue weighted by Gasteiger charge is 2.14. The van der Waals surface area contributed by atoms with Crippen LogP contribution in [-0.4, -0.2) is 27.2 Å². The van der Waals surface area contributed by atoms with Crippen LogP contribution in [0.2, 0.25) is 0 Å². The van der Waals surface area contributed by atoms with E-state index in [-0.39, 0.29) is 23.1 Å². The maximum absolute atomic E-state index is 12.5. The molecule has 3 rings (SSSR count). The monoisotopic (exact) mass is 466 g/mol. The van der Waals surface area contributed by atoms with Crippen LogP contribution in [0.3, 0.4) is 0 Å². The Morgan fingerprint density at radius 1 is 0.818 bits per heavy atom. The first-order valence-electron chi connectivity index (χ1n) is 10.3. The zero-order valence-electron chi connectivity index (χ0n) is 18.5. The van der Waals surface area contributed by atoms with Gasteiger partial charge >= 0.3 is 0 Å². The van der Waals surface area contributed by atoms with E-state index in [0.29, 0.717) is 29.8 Å². The molecular weight excluding hydrogens is 440 g/mol. The lowest BCUT2D eigenvalue weighted by Crippen LogP contribution is -2.24. The Hall–Kier alpha value is -3.33. The Morgan fingerprint density at radius 3 is 2.03 bits per heavy atom. The Morgan fingerprint density at radius 2 is 1.42 bits per heavy atom. The van der Waals surface area contributed by atoms with E-state index in [2.05, 4.69) is 10.0 Å². The third-order valence-corrected chi connectivity index (χ3v) is 6.53. The third-order valence-electron chi connectivity index (χ3n) is 5.11. The molecule has 0 aliphatic heterocycles. The normalized spacial score (nSPS) is 11.2. The second-order valence-corrected chi connectivity index (χ2v) is 9.25. The standard InChI is InChI=1S/C25H26N2O5S/c1-18(28)20-11-13-24(14-12-20)33(30,31)27-15-19-7-9-21(10-8-19)25(29)26-16-22-5-3-4-6-23(22)17-32-2/h3-14,27H,15-17H2,1-2H3,(H,26,29). The minimum atomic E-state index is -3.73. The fourth-order valence-corrected chi connectivity index (χ4v) is 4.23. The Balaban J connectivity index is 1.57. The molecule has 33 heavy (non-hydrogen) atoms. The summed E-state index contributed by atoms with van der Waals surface area (Å²) in [5.74, 6) is -0.352. The van der Waals surface area contributed by atoms with Gasteiger partial charge in [0.05, 0.1) is 11.5 Å². The number of sulfonamides is 1. The van der Waals surface area contributed by atoms with Crippen LogP contribution < -0.4 is 10.0 Å². The van der Waals surface area contributed by atoms with Crippen LogP contribution in [0.1, 0.15) is 44.3 Å². The van der Waals surface area contributed by atoms with Gasteiger partial charge in [0.2, 0.25) is 10.0 Å². The van der Waals surface area contributed by atoms with Crippen molar-refractivity contribution >= 4 is 21.7 Å². The van der Waals surface area contributed by atoms with Crippen LogP contribution in [0.4, 0.5) is 0 Å². The van der Waals surface area contributed by atoms with Gasteiger partial charge in [0.25, 0.3) is 5.91 Å². The molecule has 3 aromatic rings. The largest absolute Gasteiger partial charge is 0.380 e. The van der Waals surface area contributed by atoms with Crippen LogP contribution in [-0.2, 0) is 34.5 Å². The fourth-order valence-electron chi connectivity index (χ4n) is 3.21. The minimum absolute atomic E-state index is 0.0725. The van der Waals surface area contributed by atoms with E-state index in [1.807, 2.05) is 24.3 Å². The van der Waals surface area contributed by atoms with Crippen molar-refractivity contribution in [3.05, 3.63) is 101 Å². The van der Waals surface area contributed by atoms with Crippen molar-refractivity contribution in [2.24, 2.45) is 0 Å². The Bertz CT molecular complexity index is 1220. The molecule has 0 saturated heterocycles. The molecule has 8 heteroatoms. The van der Waals surface area contributed by atoms with Crippen molar-refractivity contribution < 1.29 is 22.7 Å². The van der Waals surface area contributed by atoms with E-state index < -0.39 is 10.0 Å². The molecule has 2 N–H and O–H groups in total. The van der Waals surface area contributed by atoms with Crippen molar-refractivity contribution in [1.29, 1.82) is 0 Å². The molecule has 0 saturated carbocycles. The number of Topliss-reactive ketones (excluding diaryl/α,β-unsaturated/α-hetero) is 1. The maximum Gasteiger partial charge on any atom is 0.251 e. The van der Waals surface area contributed by atoms with Gasteiger partial charge in [-0.2, -0.15) is 0 Å². The molecule has 7 nitrogen and oxygen atoms in total. The van der Waals surface area contributed by atoms with Crippen molar-refractivity contribution in [3.63, 3.8) is 0 Å². The molecule has 3 aromatic carbocycles. The lowest BCUT2D eigenvalue weighted by Gasteiger charge is -2.11. The first-order chi connectivity index (χ1) is 15.8. The summed E-state index contributed by atoms with van der Waals surface area (Å²) in [7, 11) is -2.10. The molecule has 0 radical (unpaired) electrons. The molecule has 0 aliphatic rings. The molecule has 0 atom stereocenters. The average Bonchev–Trinajstić information content (AvgIpc) is 2.82. The summed E-state index contributed by atoms with van der Waals surface area (Å²) in [6.07, 6.45) is 0. The number of benzene rings is 3. The summed E-state index contributed by atoms with van der Waals surface area (Å²) < 4.78 is 32.7. The number of amides is 1. The smallest absolute Gasteiger partial charge is 0.251 e. The summed E-state index contributed by atoms with van der Waals surface area (Å²) in [6.45, 7) is 2.34. The fraction of sp³-hybridized carbons (Fsp3) is 0.200. The van der Waals surface area contributed by atoms with Gasteiger partial charge in [0.15, 0.2) is 5.78 Å². The van der Waals surface area contributed by atoms with Gasteiger partial charge in [-0.3, -0.25) is 9.59 Å². The highest BCUT2D eigenvalue weighted by molar-refractivity contribution is 7.89. The van der Waals surface area contributed by atoms with Crippen molar-refractivity contribution in [2.45, 2.75) is 31.5 Å². The van der Waals surface area contributed by atoms with Crippen LogP contribution in [0.15, 0.2) is 77.7 Å². The number of methoxy groups -OCH3 is 1. The second-order valence-electron chi connectivity index (χ2n) is 7.49. The first-order valence-corrected chi connectivity index (χ1v) is 11.8. The molecule has 0 unspecified atom stereocenters. The predicted octanol–water partition coefficient (Wildman–Crippen LogP) is 3.44. The van der Waals surface area contributed by atoms with Gasteiger partial charge in [-0.25, -0.2) is 13.1 Å². The maximum atomic E-state index is 12.5. The topological polar surface area (TPSA) is 102 Å². The molecular formula is C25H26N2O5S. The van der Waals surface area contributed by atoms with Gasteiger partial charge in [-0.05, 0) is 47.9 Å². The van der Waals surface area contributed by atoms with Gasteiger partial charge in [-0.1, -0.05) is 48.5 Å². The van der Waals surface area contributed by atoms with Crippen LogP contribution in [0.5, 0.6) is 0 Å². The lowest BCUT2D eigenvalue weighted by molar-refractivity contribution is 0.0949. The zero-order chi connectivity index (χ0) is 23.8. The third kappa shape index (κ3) is 6.58. The molecule has 0 bridgehead atoms. The minimum Gasteiger partial charge on any atom is -0.380 e. The van der Waals surface area contributed by atoms with Gasteiger partial charge in [0, 0.05) is 31.3 Å². The number of ether oxygens (including phenoxy) is 1. The summed E-state index contributed by atoms with van der Waals surface area (Å²) >= 11 is 0. The SMILES string of the molecule is COCc1ccccc1CNC(=O)c1ccc(CNS(=O)(=O)c2ccc(C(C)=O)cc2)cc1. The number of carbonyl (C=O) groups is 2. The van der Waals surface area contributed by atoms with Gasteiger partial charge < -0.3 is 10.1 Å². The van der Waals surface area contributed by atoms with Crippen molar-refractivity contribution in [1.82, 2.24) is 10.0 Å². The van der Waals surface area contributed by atoms with Crippen LogP contribution in [0.25, 0.3) is 0 Å². The second kappa shape index (κ2) is 11.0. The van der Waals surface area contributed by atoms with Gasteiger partial charge in [0.1, 0.15) is 0 Å². The number of ketones is 1. The number of rotatable bonds is 10. The highest BCUT2D eigenvalue weighted by atomic mass is 32.2. The quantitative estimate of drug-likeness (QED) is 0.446. The van der Waals surface area contributed by atoms with E-state index in [4.69, 9.17) is 4.74 Å². The van der Waals surface area contributed by atoms with E-state index >= 15 is 0 Å². The number of hydrogen-bond donors (Lipinski definition) is 2. The van der Waals surface area contributed by atoms with Crippen LogP contribution >= 0.6 is 0 Å². The Kier molecular flexibility index (Phi) is 8.11. The summed E-state index contributed by atoms with van der Waals surface area (Å²) in [5, 5.41) is 2.89. The molecule has 0 aliphatic carbocycles. The van der Waals surface area contributed by atoms with E-state index in [9.17, 15) is 18.0 Å². The molecule has 0 fully saturated rings. The predicted molar refractivity (Wildman–Crippen MR) is 125 cm³/mol. The molecule has 0 aromatic heterocycles. The zero-order valence-corrected chi connectivity index (χ0v) is 19.3. The highest BCUT2D eigenvalue weighted by Crippen LogP contribution is 2.13. The summed E-state index contributed by atoms with van der Waals surface area (Å²) in [6, 6.07) is 20.2. The number of nitrogens with one attached hydrogen (secondary N) is 2. The molecule has 0 heterocycles. The average molecular weight is 467 g/mol. The van der Waals surface area contributed by atoms with Crippen molar-refractivity contribution in [3.8, 4) is 0 Å². The summed E-state index contributed by atoms with van der Waals surface area (Å²) in [5.41, 5.74) is 3.63. The number of carbonyl (C=O) groups excluding carboxylic acids is 2. The van der Waals surface area contributed by atoms with E-state index in [1.54, 1.807) is 31.4 Å².